The lowest BCUT2D eigenvalue weighted by Gasteiger charge is -2.12. The van der Waals surface area contributed by atoms with Gasteiger partial charge in [-0.2, -0.15) is 0 Å². The van der Waals surface area contributed by atoms with Crippen LogP contribution < -0.4 is 5.32 Å². The molecule has 2 heterocycles. The van der Waals surface area contributed by atoms with Gasteiger partial charge in [-0.1, -0.05) is 56.9 Å². The highest BCUT2D eigenvalue weighted by molar-refractivity contribution is 6.09. The van der Waals surface area contributed by atoms with Crippen molar-refractivity contribution in [2.45, 2.75) is 45.6 Å². The van der Waals surface area contributed by atoms with Crippen LogP contribution in [0.3, 0.4) is 0 Å². The van der Waals surface area contributed by atoms with E-state index in [4.69, 9.17) is 4.98 Å². The van der Waals surface area contributed by atoms with Crippen LogP contribution in [0.25, 0.3) is 33.2 Å². The first-order valence-electron chi connectivity index (χ1n) is 13.0. The number of carbonyl (C=O) groups is 2. The predicted octanol–water partition coefficient (Wildman–Crippen LogP) is 7.17. The molecule has 192 valence electrons. The SMILES string of the molecule is CCCCCCCn1c(-c2cccc(C(=O)Nc3cccc4cnccc34)c2)nc2cc(C(=O)O)ccc21. The van der Waals surface area contributed by atoms with Crippen LogP contribution in [-0.2, 0) is 6.54 Å². The molecular formula is C31H30N4O3. The van der Waals surface area contributed by atoms with E-state index in [0.29, 0.717) is 11.1 Å². The van der Waals surface area contributed by atoms with Crippen molar-refractivity contribution >= 4 is 39.4 Å². The lowest BCUT2D eigenvalue weighted by atomic mass is 10.1. The Morgan fingerprint density at radius 2 is 1.76 bits per heavy atom. The van der Waals surface area contributed by atoms with Crippen molar-refractivity contribution < 1.29 is 14.7 Å². The second-order valence-electron chi connectivity index (χ2n) is 9.45. The highest BCUT2D eigenvalue weighted by Gasteiger charge is 2.17. The number of carbonyl (C=O) groups excluding carboxylic acids is 1. The number of amides is 1. The van der Waals surface area contributed by atoms with Gasteiger partial charge in [0.25, 0.3) is 5.91 Å². The highest BCUT2D eigenvalue weighted by atomic mass is 16.4. The minimum absolute atomic E-state index is 0.204. The zero-order valence-electron chi connectivity index (χ0n) is 21.4. The zero-order valence-corrected chi connectivity index (χ0v) is 21.4. The molecule has 0 atom stereocenters. The Morgan fingerprint density at radius 1 is 0.921 bits per heavy atom. The second-order valence-corrected chi connectivity index (χ2v) is 9.45. The number of aromatic nitrogens is 3. The zero-order chi connectivity index (χ0) is 26.5. The number of carboxylic acid groups (broad SMARTS) is 1. The number of anilines is 1. The number of aryl methyl sites for hydroxylation is 1. The number of pyridine rings is 1. The fraction of sp³-hybridized carbons (Fsp3) is 0.226. The smallest absolute Gasteiger partial charge is 0.335 e. The number of nitrogens with zero attached hydrogens (tertiary/aromatic N) is 3. The van der Waals surface area contributed by atoms with Crippen LogP contribution in [-0.4, -0.2) is 31.5 Å². The Labute approximate surface area is 221 Å². The summed E-state index contributed by atoms with van der Waals surface area (Å²) in [7, 11) is 0. The van der Waals surface area contributed by atoms with Gasteiger partial charge in [-0.15, -0.1) is 0 Å². The Hall–Kier alpha value is -4.52. The van der Waals surface area contributed by atoms with Crippen molar-refractivity contribution in [2.24, 2.45) is 0 Å². The van der Waals surface area contributed by atoms with Crippen LogP contribution in [0.5, 0.6) is 0 Å². The van der Waals surface area contributed by atoms with Gasteiger partial charge in [-0.25, -0.2) is 9.78 Å². The summed E-state index contributed by atoms with van der Waals surface area (Å²) in [4.78, 5) is 33.8. The molecule has 0 saturated heterocycles. The van der Waals surface area contributed by atoms with E-state index in [1.165, 1.54) is 19.3 Å². The van der Waals surface area contributed by atoms with Crippen LogP contribution in [0.4, 0.5) is 5.69 Å². The Kier molecular flexibility index (Phi) is 7.45. The summed E-state index contributed by atoms with van der Waals surface area (Å²) in [6.07, 6.45) is 9.17. The average molecular weight is 507 g/mol. The fourth-order valence-electron chi connectivity index (χ4n) is 4.81. The van der Waals surface area contributed by atoms with Crippen LogP contribution in [0, 0.1) is 0 Å². The molecule has 0 bridgehead atoms. The molecule has 0 aliphatic carbocycles. The maximum Gasteiger partial charge on any atom is 0.335 e. The lowest BCUT2D eigenvalue weighted by Crippen LogP contribution is -2.12. The first-order chi connectivity index (χ1) is 18.5. The van der Waals surface area contributed by atoms with Gasteiger partial charge < -0.3 is 15.0 Å². The molecule has 5 rings (SSSR count). The standard InChI is InChI=1S/C31H30N4O3/c1-2-3-4-5-6-17-35-28-14-13-23(31(37)38)19-27(28)33-29(35)21-9-7-10-22(18-21)30(36)34-26-12-8-11-24-20-32-16-15-25(24)26/h7-16,18-20H,2-6,17H2,1H3,(H,34,36)(H,37,38). The maximum atomic E-state index is 13.3. The van der Waals surface area contributed by atoms with Gasteiger partial charge in [0.1, 0.15) is 5.82 Å². The topological polar surface area (TPSA) is 97.1 Å². The summed E-state index contributed by atoms with van der Waals surface area (Å²) in [5.41, 5.74) is 3.77. The minimum atomic E-state index is -0.981. The number of unbranched alkanes of at least 4 members (excludes halogenated alkanes) is 4. The van der Waals surface area contributed by atoms with E-state index in [-0.39, 0.29) is 11.5 Å². The first kappa shape index (κ1) is 25.1. The molecule has 38 heavy (non-hydrogen) atoms. The van der Waals surface area contributed by atoms with Crippen molar-refractivity contribution in [3.8, 4) is 11.4 Å². The van der Waals surface area contributed by atoms with Crippen molar-refractivity contribution in [1.82, 2.24) is 14.5 Å². The van der Waals surface area contributed by atoms with Gasteiger partial charge in [-0.3, -0.25) is 9.78 Å². The van der Waals surface area contributed by atoms with Crippen LogP contribution in [0.15, 0.2) is 79.1 Å². The van der Waals surface area contributed by atoms with Gasteiger partial charge in [0.2, 0.25) is 0 Å². The summed E-state index contributed by atoms with van der Waals surface area (Å²) in [6.45, 7) is 2.96. The summed E-state index contributed by atoms with van der Waals surface area (Å²) in [6, 6.07) is 20.1. The number of hydrogen-bond donors (Lipinski definition) is 2. The van der Waals surface area contributed by atoms with E-state index in [2.05, 4.69) is 21.8 Å². The van der Waals surface area contributed by atoms with Gasteiger partial charge in [0, 0.05) is 46.5 Å². The summed E-state index contributed by atoms with van der Waals surface area (Å²) in [5.74, 6) is -0.471. The van der Waals surface area contributed by atoms with E-state index >= 15 is 0 Å². The molecule has 2 aromatic heterocycles. The monoisotopic (exact) mass is 506 g/mol. The van der Waals surface area contributed by atoms with Crippen molar-refractivity contribution in [1.29, 1.82) is 0 Å². The number of fused-ring (bicyclic) bond motifs is 2. The van der Waals surface area contributed by atoms with Crippen molar-refractivity contribution in [3.05, 3.63) is 90.3 Å². The van der Waals surface area contributed by atoms with E-state index < -0.39 is 5.97 Å². The fourth-order valence-corrected chi connectivity index (χ4v) is 4.81. The molecule has 3 aromatic carbocycles. The van der Waals surface area contributed by atoms with Gasteiger partial charge in [-0.05, 0) is 48.9 Å². The number of hydrogen-bond acceptors (Lipinski definition) is 4. The van der Waals surface area contributed by atoms with Gasteiger partial charge >= 0.3 is 5.97 Å². The van der Waals surface area contributed by atoms with E-state index in [0.717, 1.165) is 52.8 Å². The third-order valence-corrected chi connectivity index (χ3v) is 6.79. The minimum Gasteiger partial charge on any atom is -0.478 e. The lowest BCUT2D eigenvalue weighted by molar-refractivity contribution is 0.0696. The number of carboxylic acids is 1. The van der Waals surface area contributed by atoms with Crippen LogP contribution >= 0.6 is 0 Å². The molecule has 0 unspecified atom stereocenters. The Morgan fingerprint density at radius 3 is 2.61 bits per heavy atom. The van der Waals surface area contributed by atoms with E-state index in [9.17, 15) is 14.7 Å². The molecule has 0 fully saturated rings. The third kappa shape index (κ3) is 5.27. The number of benzene rings is 3. The number of nitrogens with one attached hydrogen (secondary N) is 1. The van der Waals surface area contributed by atoms with Crippen molar-refractivity contribution in [3.63, 3.8) is 0 Å². The molecule has 1 amide bonds. The van der Waals surface area contributed by atoms with Gasteiger partial charge in [0.05, 0.1) is 16.6 Å². The van der Waals surface area contributed by atoms with E-state index in [1.54, 1.807) is 30.6 Å². The average Bonchev–Trinajstić information content (AvgIpc) is 3.31. The quantitative estimate of drug-likeness (QED) is 0.196. The molecule has 2 N–H and O–H groups in total. The second kappa shape index (κ2) is 11.3. The van der Waals surface area contributed by atoms with Crippen LogP contribution in [0.2, 0.25) is 0 Å². The molecule has 0 aliphatic rings. The first-order valence-corrected chi connectivity index (χ1v) is 13.0. The number of rotatable bonds is 10. The summed E-state index contributed by atoms with van der Waals surface area (Å²) in [5, 5.41) is 14.4. The Balaban J connectivity index is 1.48. The van der Waals surface area contributed by atoms with E-state index in [1.807, 2.05) is 48.5 Å². The molecule has 5 aromatic rings. The third-order valence-electron chi connectivity index (χ3n) is 6.79. The Bertz CT molecular complexity index is 1620. The molecular weight excluding hydrogens is 476 g/mol. The molecule has 0 aliphatic heterocycles. The normalized spacial score (nSPS) is 11.2. The summed E-state index contributed by atoms with van der Waals surface area (Å²) < 4.78 is 2.14. The molecule has 7 nitrogen and oxygen atoms in total. The predicted molar refractivity (Wildman–Crippen MR) is 151 cm³/mol. The maximum absolute atomic E-state index is 13.3. The molecule has 0 radical (unpaired) electrons. The van der Waals surface area contributed by atoms with Crippen LogP contribution in [0.1, 0.15) is 59.7 Å². The molecule has 0 spiro atoms. The van der Waals surface area contributed by atoms with Crippen molar-refractivity contribution in [2.75, 3.05) is 5.32 Å². The molecule has 0 saturated carbocycles. The number of imidazole rings is 1. The highest BCUT2D eigenvalue weighted by Crippen LogP contribution is 2.28. The van der Waals surface area contributed by atoms with Gasteiger partial charge in [0.15, 0.2) is 0 Å². The number of aromatic carboxylic acids is 1. The molecule has 7 heteroatoms. The largest absolute Gasteiger partial charge is 0.478 e. The summed E-state index contributed by atoms with van der Waals surface area (Å²) >= 11 is 0.